The number of thiophene rings is 1. The van der Waals surface area contributed by atoms with E-state index in [0.29, 0.717) is 17.6 Å². The van der Waals surface area contributed by atoms with Crippen molar-refractivity contribution in [2.45, 2.75) is 31.8 Å². The smallest absolute Gasteiger partial charge is 0.338 e. The second kappa shape index (κ2) is 6.23. The third-order valence-electron chi connectivity index (χ3n) is 3.50. The second-order valence-corrected chi connectivity index (χ2v) is 5.97. The van der Waals surface area contributed by atoms with Gasteiger partial charge in [0.2, 0.25) is 0 Å². The average Bonchev–Trinajstić information content (AvgIpc) is 3.15. The zero-order valence-corrected chi connectivity index (χ0v) is 12.4. The van der Waals surface area contributed by atoms with E-state index in [0.717, 1.165) is 0 Å². The fraction of sp³-hybridized carbons (Fsp3) is 0.538. The van der Waals surface area contributed by atoms with E-state index < -0.39 is 5.97 Å². The molecule has 20 heavy (non-hydrogen) atoms. The van der Waals surface area contributed by atoms with Gasteiger partial charge in [-0.05, 0) is 38.3 Å². The van der Waals surface area contributed by atoms with Crippen LogP contribution in [0, 0.1) is 0 Å². The monoisotopic (exact) mass is 297 g/mol. The van der Waals surface area contributed by atoms with Gasteiger partial charge in [-0.1, -0.05) is 0 Å². The Morgan fingerprint density at radius 2 is 2.25 bits per heavy atom. The summed E-state index contributed by atoms with van der Waals surface area (Å²) in [5.74, 6) is -1.04. The number of rotatable bonds is 6. The summed E-state index contributed by atoms with van der Waals surface area (Å²) in [7, 11) is 2.06. The molecule has 0 bridgehead atoms. The predicted molar refractivity (Wildman–Crippen MR) is 78.5 cm³/mol. The molecule has 7 heteroatoms. The van der Waals surface area contributed by atoms with Crippen molar-refractivity contribution in [2.24, 2.45) is 0 Å². The maximum Gasteiger partial charge on any atom is 0.338 e. The molecule has 0 spiro atoms. The molecule has 1 aliphatic rings. The Morgan fingerprint density at radius 1 is 1.55 bits per heavy atom. The summed E-state index contributed by atoms with van der Waals surface area (Å²) in [5, 5.41) is 16.3. The summed E-state index contributed by atoms with van der Waals surface area (Å²) in [6.07, 6.45) is 2.45. The lowest BCUT2D eigenvalue weighted by Gasteiger charge is -2.24. The topological polar surface area (TPSA) is 81.7 Å². The van der Waals surface area contributed by atoms with Crippen molar-refractivity contribution in [1.29, 1.82) is 0 Å². The number of carboxylic acids is 1. The first kappa shape index (κ1) is 14.8. The van der Waals surface area contributed by atoms with Crippen LogP contribution in [0.1, 0.15) is 30.1 Å². The molecule has 1 heterocycles. The molecule has 1 saturated carbocycles. The quantitative estimate of drug-likeness (QED) is 0.750. The lowest BCUT2D eigenvalue weighted by atomic mass is 10.3. The Balaban J connectivity index is 1.80. The van der Waals surface area contributed by atoms with Crippen LogP contribution in [0.15, 0.2) is 11.4 Å². The van der Waals surface area contributed by atoms with Crippen LogP contribution in [0.2, 0.25) is 0 Å². The molecule has 1 aromatic rings. The van der Waals surface area contributed by atoms with Crippen LogP contribution in [0.25, 0.3) is 0 Å². The minimum Gasteiger partial charge on any atom is -0.478 e. The summed E-state index contributed by atoms with van der Waals surface area (Å²) in [4.78, 5) is 25.0. The van der Waals surface area contributed by atoms with E-state index in [-0.39, 0.29) is 17.6 Å². The Hall–Kier alpha value is -1.60. The Morgan fingerprint density at radius 3 is 2.85 bits per heavy atom. The minimum absolute atomic E-state index is 0.119. The molecular weight excluding hydrogens is 278 g/mol. The number of nitrogens with one attached hydrogen (secondary N) is 2. The second-order valence-electron chi connectivity index (χ2n) is 5.05. The number of urea groups is 1. The van der Waals surface area contributed by atoms with E-state index in [1.54, 1.807) is 5.38 Å². The van der Waals surface area contributed by atoms with Crippen molar-refractivity contribution in [1.82, 2.24) is 10.2 Å². The van der Waals surface area contributed by atoms with Crippen LogP contribution in [0.4, 0.5) is 9.80 Å². The van der Waals surface area contributed by atoms with Gasteiger partial charge in [0.25, 0.3) is 0 Å². The number of anilines is 1. The van der Waals surface area contributed by atoms with Gasteiger partial charge in [0.05, 0.1) is 5.56 Å². The highest BCUT2D eigenvalue weighted by Gasteiger charge is 2.29. The molecule has 6 nitrogen and oxygen atoms in total. The molecular formula is C13H19N3O3S. The number of aromatic carboxylic acids is 1. The van der Waals surface area contributed by atoms with Crippen molar-refractivity contribution < 1.29 is 14.7 Å². The van der Waals surface area contributed by atoms with Crippen LogP contribution < -0.4 is 10.6 Å². The molecule has 0 aliphatic heterocycles. The minimum atomic E-state index is -1.04. The van der Waals surface area contributed by atoms with Crippen LogP contribution in [0.5, 0.6) is 0 Å². The molecule has 110 valence electrons. The fourth-order valence-electron chi connectivity index (χ4n) is 1.95. The van der Waals surface area contributed by atoms with Gasteiger partial charge in [0.15, 0.2) is 0 Å². The molecule has 1 aliphatic carbocycles. The van der Waals surface area contributed by atoms with Crippen molar-refractivity contribution >= 4 is 28.3 Å². The van der Waals surface area contributed by atoms with Gasteiger partial charge < -0.3 is 10.4 Å². The Kier molecular flexibility index (Phi) is 4.61. The lowest BCUT2D eigenvalue weighted by Crippen LogP contribution is -2.42. The van der Waals surface area contributed by atoms with E-state index in [9.17, 15) is 9.59 Å². The molecule has 0 radical (unpaired) electrons. The highest BCUT2D eigenvalue weighted by atomic mass is 32.1. The van der Waals surface area contributed by atoms with Gasteiger partial charge >= 0.3 is 12.0 Å². The summed E-state index contributed by atoms with van der Waals surface area (Å²) >= 11 is 1.20. The highest BCUT2D eigenvalue weighted by Crippen LogP contribution is 2.26. The van der Waals surface area contributed by atoms with Crippen LogP contribution in [0.3, 0.4) is 0 Å². The first-order valence-corrected chi connectivity index (χ1v) is 7.44. The number of carbonyl (C=O) groups excluding carboxylic acids is 1. The molecule has 1 fully saturated rings. The third kappa shape index (κ3) is 3.71. The standard InChI is InChI=1S/C13H19N3O3S/c1-8(16(2)9-3-4-9)7-14-13(19)15-11-10(12(17)18)5-6-20-11/h5-6,8-9H,3-4,7H2,1-2H3,(H,17,18)(H2,14,15,19). The molecule has 2 amide bonds. The van der Waals surface area contributed by atoms with Crippen molar-refractivity contribution in [3.63, 3.8) is 0 Å². The van der Waals surface area contributed by atoms with Crippen molar-refractivity contribution in [3.8, 4) is 0 Å². The SMILES string of the molecule is CC(CNC(=O)Nc1sccc1C(=O)O)N(C)C1CC1. The summed E-state index contributed by atoms with van der Waals surface area (Å²) in [6, 6.07) is 2.01. The predicted octanol–water partition coefficient (Wildman–Crippen LogP) is 2.05. The molecule has 3 N–H and O–H groups in total. The van der Waals surface area contributed by atoms with E-state index in [1.165, 1.54) is 30.2 Å². The van der Waals surface area contributed by atoms with Crippen molar-refractivity contribution in [2.75, 3.05) is 18.9 Å². The fourth-order valence-corrected chi connectivity index (χ4v) is 2.72. The maximum atomic E-state index is 11.8. The molecule has 0 aromatic carbocycles. The Labute approximate surface area is 121 Å². The summed E-state index contributed by atoms with van der Waals surface area (Å²) in [5.41, 5.74) is 0.119. The number of nitrogens with zero attached hydrogens (tertiary/aromatic N) is 1. The average molecular weight is 297 g/mol. The van der Waals surface area contributed by atoms with E-state index in [1.807, 2.05) is 0 Å². The van der Waals surface area contributed by atoms with E-state index >= 15 is 0 Å². The number of likely N-dealkylation sites (N-methyl/N-ethyl adjacent to an activating group) is 1. The first-order chi connectivity index (χ1) is 9.49. The van der Waals surface area contributed by atoms with Gasteiger partial charge in [-0.15, -0.1) is 11.3 Å². The van der Waals surface area contributed by atoms with Gasteiger partial charge in [0.1, 0.15) is 5.00 Å². The number of carbonyl (C=O) groups is 2. The zero-order chi connectivity index (χ0) is 14.7. The number of hydrogen-bond acceptors (Lipinski definition) is 4. The first-order valence-electron chi connectivity index (χ1n) is 6.56. The zero-order valence-electron chi connectivity index (χ0n) is 11.5. The lowest BCUT2D eigenvalue weighted by molar-refractivity contribution is 0.0698. The highest BCUT2D eigenvalue weighted by molar-refractivity contribution is 7.14. The molecule has 2 rings (SSSR count). The Bertz CT molecular complexity index is 499. The van der Waals surface area contributed by atoms with Crippen LogP contribution in [-0.2, 0) is 0 Å². The van der Waals surface area contributed by atoms with Gasteiger partial charge in [0, 0.05) is 18.6 Å². The van der Waals surface area contributed by atoms with Gasteiger partial charge in [-0.2, -0.15) is 0 Å². The van der Waals surface area contributed by atoms with E-state index in [4.69, 9.17) is 5.11 Å². The van der Waals surface area contributed by atoms with E-state index in [2.05, 4.69) is 29.5 Å². The van der Waals surface area contributed by atoms with Crippen molar-refractivity contribution in [3.05, 3.63) is 17.0 Å². The van der Waals surface area contributed by atoms with Crippen LogP contribution >= 0.6 is 11.3 Å². The number of hydrogen-bond donors (Lipinski definition) is 3. The largest absolute Gasteiger partial charge is 0.478 e. The van der Waals surface area contributed by atoms with Crippen LogP contribution in [-0.4, -0.2) is 47.7 Å². The third-order valence-corrected chi connectivity index (χ3v) is 4.33. The summed E-state index contributed by atoms with van der Waals surface area (Å²) < 4.78 is 0. The molecule has 0 saturated heterocycles. The normalized spacial score (nSPS) is 15.9. The maximum absolute atomic E-state index is 11.8. The molecule has 1 atom stereocenters. The van der Waals surface area contributed by atoms with Gasteiger partial charge in [-0.25, -0.2) is 9.59 Å². The summed E-state index contributed by atoms with van der Waals surface area (Å²) in [6.45, 7) is 2.60. The van der Waals surface area contributed by atoms with Gasteiger partial charge in [-0.3, -0.25) is 10.2 Å². The molecule has 1 aromatic heterocycles. The molecule has 1 unspecified atom stereocenters. The number of amides is 2. The number of carboxylic acid groups (broad SMARTS) is 1.